The van der Waals surface area contributed by atoms with Crippen molar-refractivity contribution in [3.05, 3.63) is 101 Å². The molecule has 3 aromatic rings. The average Bonchev–Trinajstić information content (AvgIpc) is 3.91. The number of phenolic OH excluding ortho intramolecular Hbond substituents is 2. The minimum atomic E-state index is -3.66. The summed E-state index contributed by atoms with van der Waals surface area (Å²) in [6.45, 7) is -3.66. The van der Waals surface area contributed by atoms with Crippen LogP contribution in [0.4, 0.5) is 0 Å². The van der Waals surface area contributed by atoms with Crippen LogP contribution in [0, 0.1) is 0 Å². The molecule has 5 unspecified atom stereocenters. The molecule has 11 aliphatic rings. The van der Waals surface area contributed by atoms with Crippen molar-refractivity contribution < 1.29 is 26.3 Å². The van der Waals surface area contributed by atoms with E-state index in [4.69, 9.17) is 0 Å². The van der Waals surface area contributed by atoms with Crippen LogP contribution < -0.4 is 0 Å². The number of amides is 2. The molecule has 0 radical (unpaired) electrons. The Kier molecular flexibility index (Phi) is 1.49. The van der Waals surface area contributed by atoms with Gasteiger partial charge in [0.05, 0.1) is 0 Å². The molecule has 0 saturated carbocycles. The van der Waals surface area contributed by atoms with E-state index >= 15 is 0 Å². The minimum absolute atomic E-state index is 0.0483. The first-order chi connectivity index (χ1) is 19.7. The molecule has 11 aliphatic heterocycles. The Labute approximate surface area is 227 Å². The van der Waals surface area contributed by atoms with E-state index in [1.165, 1.54) is 0 Å². The van der Waals surface area contributed by atoms with Gasteiger partial charge in [-0.15, -0.1) is 0 Å². The number of benzene rings is 3. The SMILES string of the molecule is O=C1c2ccccc2C(=O)N1C(CCC=C(c1ccc(O)cc1)c1ccc(O)cc1)[C]12[CH]3[CH]4[CH]5[CH]1[Fe]45321678[CH]2[CH]1[CH]6[CH]7[CH]28. The number of fused-ring (bicyclic) bond motifs is 11. The van der Waals surface area contributed by atoms with Crippen molar-refractivity contribution in [2.75, 3.05) is 0 Å². The van der Waals surface area contributed by atoms with Crippen molar-refractivity contribution in [3.63, 3.8) is 0 Å². The molecule has 3 aromatic carbocycles. The van der Waals surface area contributed by atoms with Gasteiger partial charge in [-0.1, -0.05) is 0 Å². The number of allylic oxidation sites excluding steroid dienone is 1. The average molecular weight is 583 g/mol. The molecule has 5 nitrogen and oxygen atoms in total. The summed E-state index contributed by atoms with van der Waals surface area (Å²) in [5.74, 6) is 0.360. The third-order valence-electron chi connectivity index (χ3n) is 20.6. The van der Waals surface area contributed by atoms with E-state index in [0.29, 0.717) is 15.4 Å². The number of nitrogens with zero attached hydrogens (tertiary/aromatic N) is 1. The first-order valence-electron chi connectivity index (χ1n) is 15.2. The predicted molar refractivity (Wildman–Crippen MR) is 150 cm³/mol. The number of carbonyl (C=O) groups is 2. The van der Waals surface area contributed by atoms with Gasteiger partial charge in [-0.05, 0) is 0 Å². The van der Waals surface area contributed by atoms with Gasteiger partial charge >= 0.3 is 228 Å². The van der Waals surface area contributed by atoms with Gasteiger partial charge in [0.15, 0.2) is 0 Å². The van der Waals surface area contributed by atoms with Crippen LogP contribution >= 0.6 is 0 Å². The zero-order valence-corrected chi connectivity index (χ0v) is 23.3. The number of rotatable bonds is 7. The van der Waals surface area contributed by atoms with E-state index in [-0.39, 0.29) is 29.4 Å². The summed E-state index contributed by atoms with van der Waals surface area (Å²) in [5, 5.41) is 19.8. The van der Waals surface area contributed by atoms with Gasteiger partial charge in [0.2, 0.25) is 0 Å². The molecule has 1 spiro atoms. The molecule has 6 heteroatoms. The second-order valence-electron chi connectivity index (χ2n) is 17.1. The Hall–Kier alpha value is -3.34. The number of imide groups is 1. The monoisotopic (exact) mass is 583 g/mol. The van der Waals surface area contributed by atoms with Gasteiger partial charge in [-0.25, -0.2) is 0 Å². The van der Waals surface area contributed by atoms with Crippen LogP contribution in [0.15, 0.2) is 78.9 Å². The molecular formula is C35H29FeNO4. The molecule has 206 valence electrons. The molecule has 2 N–H and O–H groups in total. The van der Waals surface area contributed by atoms with E-state index in [0.717, 1.165) is 72.9 Å². The number of carbonyl (C=O) groups excluding carboxylic acids is 2. The summed E-state index contributed by atoms with van der Waals surface area (Å²) < 4.78 is 0.386. The second kappa shape index (κ2) is 3.10. The third kappa shape index (κ3) is 0.559. The Bertz CT molecular complexity index is 2160. The number of hydrogen-bond donors (Lipinski definition) is 2. The van der Waals surface area contributed by atoms with Crippen LogP contribution in [0.2, 0.25) is 47.7 Å². The molecule has 2 amide bonds. The van der Waals surface area contributed by atoms with Gasteiger partial charge in [0, 0.05) is 0 Å². The van der Waals surface area contributed by atoms with Crippen molar-refractivity contribution in [1.29, 1.82) is 0 Å². The van der Waals surface area contributed by atoms with E-state index in [1.54, 1.807) is 29.2 Å². The van der Waals surface area contributed by atoms with E-state index < -0.39 is 6.51 Å². The fraction of sp³-hybridized carbons (Fsp3) is 0.371. The van der Waals surface area contributed by atoms with E-state index in [9.17, 15) is 19.8 Å². The summed E-state index contributed by atoms with van der Waals surface area (Å²) in [6, 6.07) is 22.1. The van der Waals surface area contributed by atoms with Crippen LogP contribution in [0.3, 0.4) is 0 Å². The van der Waals surface area contributed by atoms with Crippen LogP contribution in [0.1, 0.15) is 44.7 Å². The van der Waals surface area contributed by atoms with Crippen molar-refractivity contribution in [1.82, 2.24) is 4.90 Å². The maximum atomic E-state index is 14.0. The van der Waals surface area contributed by atoms with Gasteiger partial charge in [-0.3, -0.25) is 0 Å². The van der Waals surface area contributed by atoms with Gasteiger partial charge in [0.1, 0.15) is 0 Å². The summed E-state index contributed by atoms with van der Waals surface area (Å²) in [5.41, 5.74) is 4.25. The Morgan fingerprint density at radius 1 is 0.732 bits per heavy atom. The zero-order valence-electron chi connectivity index (χ0n) is 22.2. The summed E-state index contributed by atoms with van der Waals surface area (Å²) >= 11 is 0. The third-order valence-corrected chi connectivity index (χ3v) is 63.3. The van der Waals surface area contributed by atoms with Crippen LogP contribution in [-0.2, 0) is 6.51 Å². The fourth-order valence-corrected chi connectivity index (χ4v) is 96.6. The normalized spacial score (nSPS) is 58.2. The zero-order chi connectivity index (χ0) is 27.0. The van der Waals surface area contributed by atoms with Crippen LogP contribution in [0.5, 0.6) is 11.5 Å². The van der Waals surface area contributed by atoms with E-state index in [2.05, 4.69) is 6.08 Å². The molecule has 14 rings (SSSR count). The van der Waals surface area contributed by atoms with Crippen molar-refractivity contribution >= 4 is 17.4 Å². The Morgan fingerprint density at radius 3 is 1.59 bits per heavy atom. The molecule has 0 aromatic heterocycles. The summed E-state index contributed by atoms with van der Waals surface area (Å²) in [6.07, 6.45) is 3.90. The Balaban J connectivity index is 0.920. The van der Waals surface area contributed by atoms with Gasteiger partial charge in [0.25, 0.3) is 0 Å². The van der Waals surface area contributed by atoms with Crippen molar-refractivity contribution in [3.8, 4) is 11.5 Å². The molecule has 41 heavy (non-hydrogen) atoms. The first-order valence-corrected chi connectivity index (χ1v) is 21.5. The molecular weight excluding hydrogens is 554 g/mol. The molecule has 0 aliphatic carbocycles. The molecule has 11 heterocycles. The summed E-state index contributed by atoms with van der Waals surface area (Å²) in [4.78, 5) is 39.7. The Morgan fingerprint density at radius 2 is 1.20 bits per heavy atom. The molecule has 10 fully saturated rings. The van der Waals surface area contributed by atoms with Crippen molar-refractivity contribution in [2.24, 2.45) is 0 Å². The van der Waals surface area contributed by atoms with Crippen LogP contribution in [-0.4, -0.2) is 33.0 Å². The predicted octanol–water partition coefficient (Wildman–Crippen LogP) is 7.73. The number of phenols is 2. The van der Waals surface area contributed by atoms with Crippen LogP contribution in [0.25, 0.3) is 5.57 Å². The topological polar surface area (TPSA) is 77.8 Å². The van der Waals surface area contributed by atoms with Gasteiger partial charge in [-0.2, -0.15) is 0 Å². The number of hydrogen-bond acceptors (Lipinski definition) is 4. The maximum absolute atomic E-state index is 14.0. The number of aromatic hydroxyl groups is 2. The molecule has 0 bridgehead atoms. The fourth-order valence-electron chi connectivity index (χ4n) is 21.4. The summed E-state index contributed by atoms with van der Waals surface area (Å²) in [7, 11) is 0. The van der Waals surface area contributed by atoms with Gasteiger partial charge < -0.3 is 0 Å². The molecule has 5 atom stereocenters. The second-order valence-corrected chi connectivity index (χ2v) is 40.7. The standard InChI is InChI=1S/C30H24NO4.C5H5.Fe/c32-23-16-12-20(13-17-23)25(21-14-18-24(33)19-15-21)10-5-11-28(22-6-1-2-7-22)31-29(34)26-8-3-4-9-27(26)30(31)35;1-2-4-5-3-1;/h1-4,6-10,12-19,28,32-33H,5,11H2;1-5H;. The molecule has 10 saturated heterocycles. The quantitative estimate of drug-likeness (QED) is 0.220. The van der Waals surface area contributed by atoms with E-state index in [1.807, 2.05) is 48.5 Å². The first kappa shape index (κ1) is 19.7. The van der Waals surface area contributed by atoms with Crippen molar-refractivity contribution in [2.45, 2.75) is 66.5 Å².